The van der Waals surface area contributed by atoms with Gasteiger partial charge in [-0.05, 0) is 37.3 Å². The van der Waals surface area contributed by atoms with Crippen molar-refractivity contribution in [2.45, 2.75) is 25.8 Å². The molecule has 0 radical (unpaired) electrons. The number of aryl methyl sites for hydroxylation is 1. The lowest BCUT2D eigenvalue weighted by Crippen LogP contribution is -2.28. The Kier molecular flexibility index (Phi) is 7.16. The number of benzene rings is 1. The van der Waals surface area contributed by atoms with Gasteiger partial charge in [-0.1, -0.05) is 6.07 Å². The number of amides is 1. The standard InChI is InChI=1S/C19H18F6N2O3/c1-12-4-3-5-13(26-12)9-27(2)17(28)15-8-14(29-10-18(20,21)22)6-7-16(15)30-11-19(23,24)25/h3-8H,9-11H2,1-2H3. The van der Waals surface area contributed by atoms with E-state index in [9.17, 15) is 31.1 Å². The van der Waals surface area contributed by atoms with Crippen LogP contribution in [0.25, 0.3) is 0 Å². The van der Waals surface area contributed by atoms with Gasteiger partial charge in [-0.2, -0.15) is 26.3 Å². The number of ether oxygens (including phenoxy) is 2. The van der Waals surface area contributed by atoms with Gasteiger partial charge in [0.2, 0.25) is 0 Å². The van der Waals surface area contributed by atoms with E-state index in [2.05, 4.69) is 14.5 Å². The molecule has 0 aliphatic rings. The summed E-state index contributed by atoms with van der Waals surface area (Å²) in [5, 5.41) is 0. The van der Waals surface area contributed by atoms with E-state index in [-0.39, 0.29) is 17.9 Å². The molecule has 0 unspecified atom stereocenters. The molecule has 30 heavy (non-hydrogen) atoms. The molecular weight excluding hydrogens is 418 g/mol. The van der Waals surface area contributed by atoms with Gasteiger partial charge in [0.25, 0.3) is 5.91 Å². The summed E-state index contributed by atoms with van der Waals surface area (Å²) in [6.45, 7) is -1.52. The van der Waals surface area contributed by atoms with Crippen LogP contribution >= 0.6 is 0 Å². The third-order valence-corrected chi connectivity index (χ3v) is 3.67. The van der Waals surface area contributed by atoms with Gasteiger partial charge in [-0.3, -0.25) is 9.78 Å². The van der Waals surface area contributed by atoms with Crippen LogP contribution in [0.4, 0.5) is 26.3 Å². The zero-order valence-corrected chi connectivity index (χ0v) is 16.0. The number of pyridine rings is 1. The number of carbonyl (C=O) groups excluding carboxylic acids is 1. The molecule has 0 N–H and O–H groups in total. The van der Waals surface area contributed by atoms with Crippen molar-refractivity contribution in [3.63, 3.8) is 0 Å². The molecule has 11 heteroatoms. The quantitative estimate of drug-likeness (QED) is 0.598. The minimum absolute atomic E-state index is 0.0207. The largest absolute Gasteiger partial charge is 0.484 e. The Balaban J connectivity index is 2.27. The number of hydrogen-bond donors (Lipinski definition) is 0. The molecule has 0 atom stereocenters. The minimum atomic E-state index is -4.66. The van der Waals surface area contributed by atoms with Gasteiger partial charge in [-0.25, -0.2) is 0 Å². The van der Waals surface area contributed by atoms with E-state index in [1.54, 1.807) is 25.1 Å². The molecule has 164 valence electrons. The predicted molar refractivity (Wildman–Crippen MR) is 94.3 cm³/mol. The van der Waals surface area contributed by atoms with Gasteiger partial charge in [0.1, 0.15) is 11.5 Å². The lowest BCUT2D eigenvalue weighted by Gasteiger charge is -2.20. The van der Waals surface area contributed by atoms with E-state index in [1.165, 1.54) is 7.05 Å². The fraction of sp³-hybridized carbons (Fsp3) is 0.368. The van der Waals surface area contributed by atoms with Crippen molar-refractivity contribution in [2.75, 3.05) is 20.3 Å². The van der Waals surface area contributed by atoms with Gasteiger partial charge in [0, 0.05) is 12.7 Å². The number of carbonyl (C=O) groups is 1. The molecule has 2 rings (SSSR count). The fourth-order valence-corrected chi connectivity index (χ4v) is 2.42. The van der Waals surface area contributed by atoms with Crippen LogP contribution in [-0.4, -0.2) is 48.4 Å². The Bertz CT molecular complexity index is 883. The van der Waals surface area contributed by atoms with Crippen LogP contribution in [0.15, 0.2) is 36.4 Å². The highest BCUT2D eigenvalue weighted by molar-refractivity contribution is 5.97. The minimum Gasteiger partial charge on any atom is -0.484 e. The number of alkyl halides is 6. The molecule has 1 heterocycles. The van der Waals surface area contributed by atoms with E-state index in [0.717, 1.165) is 23.1 Å². The fourth-order valence-electron chi connectivity index (χ4n) is 2.42. The maximum atomic E-state index is 12.8. The van der Waals surface area contributed by atoms with Gasteiger partial charge < -0.3 is 14.4 Å². The van der Waals surface area contributed by atoms with Crippen LogP contribution in [0, 0.1) is 6.92 Å². The zero-order valence-electron chi connectivity index (χ0n) is 16.0. The third kappa shape index (κ3) is 7.45. The Morgan fingerprint density at radius 1 is 1.00 bits per heavy atom. The number of hydrogen-bond acceptors (Lipinski definition) is 4. The number of halogens is 6. The molecule has 0 aliphatic carbocycles. The first-order chi connectivity index (χ1) is 13.8. The molecule has 1 aromatic carbocycles. The summed E-state index contributed by atoms with van der Waals surface area (Å²) >= 11 is 0. The molecule has 1 amide bonds. The van der Waals surface area contributed by atoms with Gasteiger partial charge in [-0.15, -0.1) is 0 Å². The Morgan fingerprint density at radius 2 is 1.63 bits per heavy atom. The smallest absolute Gasteiger partial charge is 0.422 e. The molecule has 2 aromatic rings. The molecule has 0 spiro atoms. The summed E-state index contributed by atoms with van der Waals surface area (Å²) in [6.07, 6.45) is -9.29. The summed E-state index contributed by atoms with van der Waals surface area (Å²) in [4.78, 5) is 18.2. The number of nitrogens with zero attached hydrogens (tertiary/aromatic N) is 2. The maximum Gasteiger partial charge on any atom is 0.422 e. The van der Waals surface area contributed by atoms with Crippen molar-refractivity contribution in [2.24, 2.45) is 0 Å². The summed E-state index contributed by atoms with van der Waals surface area (Å²) in [6, 6.07) is 8.00. The van der Waals surface area contributed by atoms with Crippen LogP contribution in [0.3, 0.4) is 0 Å². The Labute approximate surface area is 168 Å². The molecule has 0 fully saturated rings. The van der Waals surface area contributed by atoms with Crippen LogP contribution in [-0.2, 0) is 6.54 Å². The van der Waals surface area contributed by atoms with Crippen LogP contribution < -0.4 is 9.47 Å². The van der Waals surface area contributed by atoms with Gasteiger partial charge in [0.15, 0.2) is 13.2 Å². The topological polar surface area (TPSA) is 51.7 Å². The maximum absolute atomic E-state index is 12.8. The normalized spacial score (nSPS) is 11.9. The van der Waals surface area contributed by atoms with E-state index in [1.807, 2.05) is 0 Å². The summed E-state index contributed by atoms with van der Waals surface area (Å²) in [5.74, 6) is -1.54. The Morgan fingerprint density at radius 3 is 2.23 bits per heavy atom. The summed E-state index contributed by atoms with van der Waals surface area (Å²) in [7, 11) is 1.38. The second-order valence-corrected chi connectivity index (χ2v) is 6.40. The van der Waals surface area contributed by atoms with Crippen molar-refractivity contribution >= 4 is 5.91 Å². The zero-order chi connectivity index (χ0) is 22.5. The van der Waals surface area contributed by atoms with Crippen molar-refractivity contribution in [1.29, 1.82) is 0 Å². The highest BCUT2D eigenvalue weighted by atomic mass is 19.4. The molecule has 0 saturated heterocycles. The average molecular weight is 436 g/mol. The Hall–Kier alpha value is -2.98. The van der Waals surface area contributed by atoms with Gasteiger partial charge >= 0.3 is 12.4 Å². The van der Waals surface area contributed by atoms with Gasteiger partial charge in [0.05, 0.1) is 17.8 Å². The van der Waals surface area contributed by atoms with Crippen molar-refractivity contribution in [3.8, 4) is 11.5 Å². The number of rotatable bonds is 7. The lowest BCUT2D eigenvalue weighted by molar-refractivity contribution is -0.154. The first kappa shape index (κ1) is 23.3. The second-order valence-electron chi connectivity index (χ2n) is 6.40. The highest BCUT2D eigenvalue weighted by Gasteiger charge is 2.31. The summed E-state index contributed by atoms with van der Waals surface area (Å²) in [5.41, 5.74) is 0.854. The first-order valence-corrected chi connectivity index (χ1v) is 8.55. The number of aromatic nitrogens is 1. The molecule has 5 nitrogen and oxygen atoms in total. The van der Waals surface area contributed by atoms with E-state index in [4.69, 9.17) is 0 Å². The molecule has 0 bridgehead atoms. The monoisotopic (exact) mass is 436 g/mol. The first-order valence-electron chi connectivity index (χ1n) is 8.55. The predicted octanol–water partition coefficient (Wildman–Crippen LogP) is 4.54. The highest BCUT2D eigenvalue weighted by Crippen LogP contribution is 2.29. The van der Waals surface area contributed by atoms with E-state index >= 15 is 0 Å². The third-order valence-electron chi connectivity index (χ3n) is 3.67. The van der Waals surface area contributed by atoms with E-state index in [0.29, 0.717) is 11.4 Å². The molecule has 0 saturated carbocycles. The van der Waals surface area contributed by atoms with Crippen LogP contribution in [0.1, 0.15) is 21.7 Å². The average Bonchev–Trinajstić information content (AvgIpc) is 2.63. The summed E-state index contributed by atoms with van der Waals surface area (Å²) < 4.78 is 83.9. The van der Waals surface area contributed by atoms with Crippen LogP contribution in [0.5, 0.6) is 11.5 Å². The lowest BCUT2D eigenvalue weighted by atomic mass is 10.1. The molecule has 0 aliphatic heterocycles. The molecular formula is C19H18F6N2O3. The van der Waals surface area contributed by atoms with Crippen molar-refractivity contribution < 1.29 is 40.6 Å². The van der Waals surface area contributed by atoms with Crippen molar-refractivity contribution in [1.82, 2.24) is 9.88 Å². The van der Waals surface area contributed by atoms with Crippen molar-refractivity contribution in [3.05, 3.63) is 53.3 Å². The van der Waals surface area contributed by atoms with E-state index < -0.39 is 37.2 Å². The second kappa shape index (κ2) is 9.23. The molecule has 1 aromatic heterocycles. The van der Waals surface area contributed by atoms with Crippen LogP contribution in [0.2, 0.25) is 0 Å². The SMILES string of the molecule is Cc1cccc(CN(C)C(=O)c2cc(OCC(F)(F)F)ccc2OCC(F)(F)F)n1.